The summed E-state index contributed by atoms with van der Waals surface area (Å²) in [5, 5.41) is 8.03. The molecule has 0 aliphatic heterocycles. The number of carbonyl (C=O) groups excluding carboxylic acids is 1. The highest BCUT2D eigenvalue weighted by molar-refractivity contribution is 5.98. The molecule has 0 unspecified atom stereocenters. The van der Waals surface area contributed by atoms with E-state index in [-0.39, 0.29) is 23.3 Å². The summed E-state index contributed by atoms with van der Waals surface area (Å²) in [5.74, 6) is -1.88. The van der Waals surface area contributed by atoms with E-state index in [1.54, 1.807) is 10.7 Å². The Morgan fingerprint density at radius 1 is 1.03 bits per heavy atom. The number of aromatic nitrogens is 4. The Morgan fingerprint density at radius 2 is 1.79 bits per heavy atom. The maximum Gasteiger partial charge on any atom is 0.270 e. The van der Waals surface area contributed by atoms with Crippen LogP contribution >= 0.6 is 0 Å². The number of nitrogens with zero attached hydrogens (tertiary/aromatic N) is 5. The van der Waals surface area contributed by atoms with Crippen molar-refractivity contribution in [3.8, 4) is 5.82 Å². The zero-order valence-electron chi connectivity index (χ0n) is 23.2. The Kier molecular flexibility index (Phi) is 8.20. The lowest BCUT2D eigenvalue weighted by Gasteiger charge is -2.17. The third-order valence-corrected chi connectivity index (χ3v) is 6.37. The number of rotatable bonds is 10. The monoisotopic (exact) mass is 532 g/mol. The predicted molar refractivity (Wildman–Crippen MR) is 149 cm³/mol. The van der Waals surface area contributed by atoms with E-state index in [2.05, 4.69) is 20.4 Å². The summed E-state index contributed by atoms with van der Waals surface area (Å²) in [4.78, 5) is 23.8. The lowest BCUT2D eigenvalue weighted by molar-refractivity contribution is 0.0173. The van der Waals surface area contributed by atoms with E-state index in [0.717, 1.165) is 47.4 Å². The van der Waals surface area contributed by atoms with Gasteiger partial charge in [0, 0.05) is 54.5 Å². The lowest BCUT2D eigenvalue weighted by Crippen LogP contribution is -2.15. The number of hydrogen-bond acceptors (Lipinski definition) is 6. The Bertz CT molecular complexity index is 1490. The zero-order chi connectivity index (χ0) is 28.3. The standard InChI is InChI=1S/C30H34F2N6O/c1-7-25-16-28(34-18-33-25)38-29(10-20(3)36-38)35-26-13-21(9-8-19(26)2)14-27(39)23-11-22(17-37(5)6)12-24(15-23)30(4,31)32/h8-13,15-16,18,35H,7,14,17H2,1-6H3. The normalized spacial score (nSPS) is 11.7. The van der Waals surface area contributed by atoms with Gasteiger partial charge >= 0.3 is 0 Å². The predicted octanol–water partition coefficient (Wildman–Crippen LogP) is 6.18. The fraction of sp³-hybridized carbons (Fsp3) is 0.333. The van der Waals surface area contributed by atoms with E-state index in [1.165, 1.54) is 18.5 Å². The van der Waals surface area contributed by atoms with Gasteiger partial charge in [0.15, 0.2) is 11.6 Å². The van der Waals surface area contributed by atoms with Gasteiger partial charge in [-0.2, -0.15) is 9.78 Å². The van der Waals surface area contributed by atoms with Crippen LogP contribution < -0.4 is 5.32 Å². The third kappa shape index (κ3) is 6.92. The highest BCUT2D eigenvalue weighted by atomic mass is 19.3. The van der Waals surface area contributed by atoms with Gasteiger partial charge in [-0.25, -0.2) is 18.7 Å². The summed E-state index contributed by atoms with van der Waals surface area (Å²) >= 11 is 0. The van der Waals surface area contributed by atoms with Crippen LogP contribution in [0.3, 0.4) is 0 Å². The molecular formula is C30H34F2N6O. The highest BCUT2D eigenvalue weighted by Crippen LogP contribution is 2.30. The summed E-state index contributed by atoms with van der Waals surface area (Å²) in [5.41, 5.74) is 5.10. The first-order valence-electron chi connectivity index (χ1n) is 12.9. The van der Waals surface area contributed by atoms with Gasteiger partial charge in [0.1, 0.15) is 12.1 Å². The molecule has 0 saturated carbocycles. The summed E-state index contributed by atoms with van der Waals surface area (Å²) in [6, 6.07) is 14.0. The van der Waals surface area contributed by atoms with Crippen LogP contribution in [0, 0.1) is 13.8 Å². The van der Waals surface area contributed by atoms with E-state index in [4.69, 9.17) is 0 Å². The summed E-state index contributed by atoms with van der Waals surface area (Å²) in [7, 11) is 3.72. The smallest absolute Gasteiger partial charge is 0.270 e. The Morgan fingerprint density at radius 3 is 2.49 bits per heavy atom. The van der Waals surface area contributed by atoms with Crippen molar-refractivity contribution in [2.45, 2.75) is 53.0 Å². The van der Waals surface area contributed by atoms with E-state index in [1.807, 2.05) is 70.1 Å². The van der Waals surface area contributed by atoms with Gasteiger partial charge in [-0.1, -0.05) is 19.1 Å². The van der Waals surface area contributed by atoms with Gasteiger partial charge < -0.3 is 10.2 Å². The summed E-state index contributed by atoms with van der Waals surface area (Å²) in [6.45, 7) is 7.22. The van der Waals surface area contributed by atoms with E-state index in [9.17, 15) is 13.6 Å². The van der Waals surface area contributed by atoms with Crippen molar-refractivity contribution in [2.75, 3.05) is 19.4 Å². The van der Waals surface area contributed by atoms with Crippen molar-refractivity contribution < 1.29 is 13.6 Å². The van der Waals surface area contributed by atoms with E-state index >= 15 is 0 Å². The quantitative estimate of drug-likeness (QED) is 0.246. The maximum absolute atomic E-state index is 14.2. The van der Waals surface area contributed by atoms with Crippen LogP contribution in [0.4, 0.5) is 20.3 Å². The molecule has 0 atom stereocenters. The Balaban J connectivity index is 1.61. The molecule has 0 saturated heterocycles. The Labute approximate surface area is 227 Å². The molecule has 0 aliphatic rings. The topological polar surface area (TPSA) is 75.9 Å². The van der Waals surface area contributed by atoms with Crippen molar-refractivity contribution in [1.29, 1.82) is 0 Å². The molecule has 7 nitrogen and oxygen atoms in total. The van der Waals surface area contributed by atoms with Gasteiger partial charge in [-0.15, -0.1) is 0 Å². The van der Waals surface area contributed by atoms with Crippen molar-refractivity contribution >= 4 is 17.3 Å². The average Bonchev–Trinajstić information content (AvgIpc) is 3.24. The minimum Gasteiger partial charge on any atom is -0.340 e. The number of benzene rings is 2. The van der Waals surface area contributed by atoms with Crippen molar-refractivity contribution in [2.24, 2.45) is 0 Å². The number of ketones is 1. The number of halogens is 2. The minimum absolute atomic E-state index is 0.0825. The fourth-order valence-corrected chi connectivity index (χ4v) is 4.36. The third-order valence-electron chi connectivity index (χ3n) is 6.37. The molecule has 0 spiro atoms. The largest absolute Gasteiger partial charge is 0.340 e. The second kappa shape index (κ2) is 11.4. The Hall–Kier alpha value is -3.98. The van der Waals surface area contributed by atoms with Crippen molar-refractivity contribution in [1.82, 2.24) is 24.6 Å². The van der Waals surface area contributed by atoms with Crippen LogP contribution in [-0.2, 0) is 25.3 Å². The molecule has 0 amide bonds. The molecule has 2 aromatic heterocycles. The number of anilines is 2. The molecule has 2 heterocycles. The second-order valence-corrected chi connectivity index (χ2v) is 10.2. The molecule has 204 valence electrons. The van der Waals surface area contributed by atoms with Gasteiger partial charge in [0.05, 0.1) is 5.69 Å². The minimum atomic E-state index is -3.04. The van der Waals surface area contributed by atoms with Crippen LogP contribution in [0.5, 0.6) is 0 Å². The number of nitrogens with one attached hydrogen (secondary N) is 1. The van der Waals surface area contributed by atoms with E-state index in [0.29, 0.717) is 17.9 Å². The molecule has 4 aromatic rings. The molecule has 0 bridgehead atoms. The van der Waals surface area contributed by atoms with Gasteiger partial charge in [-0.3, -0.25) is 4.79 Å². The van der Waals surface area contributed by atoms with Gasteiger partial charge in [0.25, 0.3) is 5.92 Å². The number of alkyl halides is 2. The van der Waals surface area contributed by atoms with Crippen LogP contribution in [0.25, 0.3) is 5.82 Å². The van der Waals surface area contributed by atoms with E-state index < -0.39 is 5.92 Å². The molecular weight excluding hydrogens is 498 g/mol. The van der Waals surface area contributed by atoms with Gasteiger partial charge in [0.2, 0.25) is 0 Å². The molecule has 9 heteroatoms. The van der Waals surface area contributed by atoms with Crippen molar-refractivity contribution in [3.63, 3.8) is 0 Å². The number of carbonyl (C=O) groups is 1. The molecule has 1 N–H and O–H groups in total. The van der Waals surface area contributed by atoms with Gasteiger partial charge in [-0.05, 0) is 75.3 Å². The first-order chi connectivity index (χ1) is 18.4. The first-order valence-corrected chi connectivity index (χ1v) is 12.9. The van der Waals surface area contributed by atoms with Crippen LogP contribution in [0.2, 0.25) is 0 Å². The highest BCUT2D eigenvalue weighted by Gasteiger charge is 2.26. The summed E-state index contributed by atoms with van der Waals surface area (Å²) in [6.07, 6.45) is 2.39. The first kappa shape index (κ1) is 28.0. The maximum atomic E-state index is 14.2. The average molecular weight is 533 g/mol. The second-order valence-electron chi connectivity index (χ2n) is 10.2. The van der Waals surface area contributed by atoms with Crippen molar-refractivity contribution in [3.05, 3.63) is 94.1 Å². The lowest BCUT2D eigenvalue weighted by atomic mass is 9.96. The van der Waals surface area contributed by atoms with Crippen LogP contribution in [0.15, 0.2) is 54.9 Å². The molecule has 4 rings (SSSR count). The van der Waals surface area contributed by atoms with Crippen LogP contribution in [-0.4, -0.2) is 44.5 Å². The molecule has 2 aromatic carbocycles. The molecule has 0 fully saturated rings. The number of hydrogen-bond donors (Lipinski definition) is 1. The zero-order valence-corrected chi connectivity index (χ0v) is 23.2. The molecule has 0 radical (unpaired) electrons. The molecule has 39 heavy (non-hydrogen) atoms. The SMILES string of the molecule is CCc1cc(-n2nc(C)cc2Nc2cc(CC(=O)c3cc(CN(C)C)cc(C(C)(F)F)c3)ccc2C)ncn1. The number of Topliss-reactive ketones (excluding diaryl/α,β-unsaturated/α-hetero) is 1. The fourth-order valence-electron chi connectivity index (χ4n) is 4.36. The summed E-state index contributed by atoms with van der Waals surface area (Å²) < 4.78 is 30.1. The van der Waals surface area contributed by atoms with Crippen LogP contribution in [0.1, 0.15) is 57.8 Å². The number of aryl methyl sites for hydroxylation is 3. The molecule has 0 aliphatic carbocycles.